The summed E-state index contributed by atoms with van der Waals surface area (Å²) in [6, 6.07) is 0. The number of cyclic esters (lactones) is 1. The van der Waals surface area contributed by atoms with Crippen LogP contribution < -0.4 is 0 Å². The standard InChI is InChI=1S/C9H16O3/c1-3-6(10)5-8-7(4-2)9(11)12-8/h6-8,10H,3-5H2,1-2H3/t6-,7+,8+/m1/s1. The Morgan fingerprint density at radius 1 is 1.58 bits per heavy atom. The molecule has 0 spiro atoms. The number of carbonyl (C=O) groups excluding carboxylic acids is 1. The van der Waals surface area contributed by atoms with Crippen molar-refractivity contribution in [1.29, 1.82) is 0 Å². The number of hydrogen-bond donors (Lipinski definition) is 1. The van der Waals surface area contributed by atoms with Crippen molar-refractivity contribution in [2.24, 2.45) is 5.92 Å². The molecule has 1 N–H and O–H groups in total. The number of aliphatic hydroxyl groups excluding tert-OH is 1. The van der Waals surface area contributed by atoms with Crippen molar-refractivity contribution in [2.45, 2.75) is 45.3 Å². The van der Waals surface area contributed by atoms with Crippen LogP contribution in [-0.2, 0) is 9.53 Å². The molecule has 0 unspecified atom stereocenters. The van der Waals surface area contributed by atoms with Crippen LogP contribution in [0.2, 0.25) is 0 Å². The summed E-state index contributed by atoms with van der Waals surface area (Å²) in [6.07, 6.45) is 1.79. The van der Waals surface area contributed by atoms with E-state index < -0.39 is 0 Å². The summed E-state index contributed by atoms with van der Waals surface area (Å²) in [6.45, 7) is 3.89. The molecular formula is C9H16O3. The average molecular weight is 172 g/mol. The van der Waals surface area contributed by atoms with E-state index >= 15 is 0 Å². The molecule has 0 aromatic carbocycles. The first-order valence-electron chi connectivity index (χ1n) is 4.57. The summed E-state index contributed by atoms with van der Waals surface area (Å²) < 4.78 is 4.92. The molecule has 1 saturated heterocycles. The Labute approximate surface area is 72.7 Å². The first kappa shape index (κ1) is 9.52. The lowest BCUT2D eigenvalue weighted by Gasteiger charge is -2.35. The summed E-state index contributed by atoms with van der Waals surface area (Å²) in [7, 11) is 0. The third-order valence-corrected chi connectivity index (χ3v) is 2.43. The van der Waals surface area contributed by atoms with Crippen LogP contribution in [0.15, 0.2) is 0 Å². The van der Waals surface area contributed by atoms with Gasteiger partial charge in [0.2, 0.25) is 0 Å². The Hall–Kier alpha value is -0.570. The molecule has 0 saturated carbocycles. The van der Waals surface area contributed by atoms with Gasteiger partial charge in [0, 0.05) is 6.42 Å². The fourth-order valence-corrected chi connectivity index (χ4v) is 1.47. The molecular weight excluding hydrogens is 156 g/mol. The zero-order chi connectivity index (χ0) is 9.14. The highest BCUT2D eigenvalue weighted by molar-refractivity contribution is 5.78. The van der Waals surface area contributed by atoms with E-state index in [1.807, 2.05) is 13.8 Å². The van der Waals surface area contributed by atoms with E-state index in [0.717, 1.165) is 12.8 Å². The summed E-state index contributed by atoms with van der Waals surface area (Å²) in [5.74, 6) is -0.0722. The van der Waals surface area contributed by atoms with Crippen molar-refractivity contribution in [1.82, 2.24) is 0 Å². The third-order valence-electron chi connectivity index (χ3n) is 2.43. The van der Waals surface area contributed by atoms with E-state index in [4.69, 9.17) is 4.74 Å². The van der Waals surface area contributed by atoms with Crippen LogP contribution in [0.1, 0.15) is 33.1 Å². The first-order chi connectivity index (χ1) is 5.69. The fourth-order valence-electron chi connectivity index (χ4n) is 1.47. The Bertz CT molecular complexity index is 167. The van der Waals surface area contributed by atoms with E-state index in [1.165, 1.54) is 0 Å². The van der Waals surface area contributed by atoms with Crippen LogP contribution in [-0.4, -0.2) is 23.3 Å². The van der Waals surface area contributed by atoms with Gasteiger partial charge in [-0.2, -0.15) is 0 Å². The molecule has 12 heavy (non-hydrogen) atoms. The van der Waals surface area contributed by atoms with Gasteiger partial charge in [-0.05, 0) is 12.8 Å². The van der Waals surface area contributed by atoms with Gasteiger partial charge < -0.3 is 9.84 Å². The van der Waals surface area contributed by atoms with Crippen molar-refractivity contribution in [3.05, 3.63) is 0 Å². The lowest BCUT2D eigenvalue weighted by molar-refractivity contribution is -0.188. The molecule has 3 atom stereocenters. The highest BCUT2D eigenvalue weighted by Gasteiger charge is 2.41. The third kappa shape index (κ3) is 1.78. The Balaban J connectivity index is 2.30. The smallest absolute Gasteiger partial charge is 0.313 e. The summed E-state index contributed by atoms with van der Waals surface area (Å²) in [4.78, 5) is 10.8. The molecule has 1 rings (SSSR count). The lowest BCUT2D eigenvalue weighted by Crippen LogP contribution is -2.46. The summed E-state index contributed by atoms with van der Waals surface area (Å²) in [5.41, 5.74) is 0. The van der Waals surface area contributed by atoms with Gasteiger partial charge in [0.15, 0.2) is 0 Å². The summed E-state index contributed by atoms with van der Waals surface area (Å²) >= 11 is 0. The summed E-state index contributed by atoms with van der Waals surface area (Å²) in [5, 5.41) is 9.30. The van der Waals surface area contributed by atoms with Crippen LogP contribution in [0, 0.1) is 5.92 Å². The van der Waals surface area contributed by atoms with Gasteiger partial charge in [0.25, 0.3) is 0 Å². The molecule has 0 aromatic rings. The Morgan fingerprint density at radius 2 is 2.25 bits per heavy atom. The molecule has 70 valence electrons. The predicted octanol–water partition coefficient (Wildman–Crippen LogP) is 1.10. The van der Waals surface area contributed by atoms with Gasteiger partial charge in [-0.15, -0.1) is 0 Å². The molecule has 0 aliphatic carbocycles. The maximum absolute atomic E-state index is 10.8. The second-order valence-electron chi connectivity index (χ2n) is 3.29. The Kier molecular flexibility index (Phi) is 3.09. The molecule has 1 aliphatic rings. The zero-order valence-electron chi connectivity index (χ0n) is 7.62. The number of aliphatic hydroxyl groups is 1. The second kappa shape index (κ2) is 3.90. The minimum atomic E-state index is -0.322. The number of esters is 1. The van der Waals surface area contributed by atoms with Gasteiger partial charge in [0.05, 0.1) is 12.0 Å². The van der Waals surface area contributed by atoms with Crippen LogP contribution in [0.25, 0.3) is 0 Å². The SMILES string of the molecule is CC[C@@H](O)C[C@@H]1OC(=O)[C@H]1CC. The van der Waals surface area contributed by atoms with E-state index in [0.29, 0.717) is 6.42 Å². The minimum Gasteiger partial charge on any atom is -0.461 e. The number of rotatable bonds is 4. The molecule has 0 aromatic heterocycles. The Morgan fingerprint density at radius 3 is 2.67 bits per heavy atom. The topological polar surface area (TPSA) is 46.5 Å². The number of carbonyl (C=O) groups is 1. The lowest BCUT2D eigenvalue weighted by atomic mass is 9.89. The highest BCUT2D eigenvalue weighted by Crippen LogP contribution is 2.29. The maximum atomic E-state index is 10.8. The van der Waals surface area contributed by atoms with Gasteiger partial charge in [-0.25, -0.2) is 0 Å². The monoisotopic (exact) mass is 172 g/mol. The van der Waals surface area contributed by atoms with E-state index in [-0.39, 0.29) is 24.1 Å². The van der Waals surface area contributed by atoms with E-state index in [9.17, 15) is 9.90 Å². The number of ether oxygens (including phenoxy) is 1. The quantitative estimate of drug-likeness (QED) is 0.646. The van der Waals surface area contributed by atoms with Crippen molar-refractivity contribution >= 4 is 5.97 Å². The van der Waals surface area contributed by atoms with Crippen LogP contribution in [0.3, 0.4) is 0 Å². The first-order valence-corrected chi connectivity index (χ1v) is 4.57. The van der Waals surface area contributed by atoms with Gasteiger partial charge in [0.1, 0.15) is 6.10 Å². The molecule has 0 radical (unpaired) electrons. The molecule has 0 bridgehead atoms. The van der Waals surface area contributed by atoms with Crippen molar-refractivity contribution in [3.8, 4) is 0 Å². The normalized spacial score (nSPS) is 30.8. The van der Waals surface area contributed by atoms with E-state index in [2.05, 4.69) is 0 Å². The fraction of sp³-hybridized carbons (Fsp3) is 0.889. The largest absolute Gasteiger partial charge is 0.461 e. The molecule has 1 heterocycles. The van der Waals surface area contributed by atoms with Crippen molar-refractivity contribution in [2.75, 3.05) is 0 Å². The van der Waals surface area contributed by atoms with Gasteiger partial charge in [-0.1, -0.05) is 13.8 Å². The van der Waals surface area contributed by atoms with Gasteiger partial charge in [-0.3, -0.25) is 4.79 Å². The molecule has 1 fully saturated rings. The van der Waals surface area contributed by atoms with Gasteiger partial charge >= 0.3 is 5.97 Å². The van der Waals surface area contributed by atoms with E-state index in [1.54, 1.807) is 0 Å². The van der Waals surface area contributed by atoms with Crippen molar-refractivity contribution in [3.63, 3.8) is 0 Å². The predicted molar refractivity (Wildman–Crippen MR) is 44.6 cm³/mol. The molecule has 3 heteroatoms. The van der Waals surface area contributed by atoms with Crippen molar-refractivity contribution < 1.29 is 14.6 Å². The van der Waals surface area contributed by atoms with Crippen LogP contribution in [0.4, 0.5) is 0 Å². The maximum Gasteiger partial charge on any atom is 0.313 e. The highest BCUT2D eigenvalue weighted by atomic mass is 16.6. The average Bonchev–Trinajstić information content (AvgIpc) is 2.04. The van der Waals surface area contributed by atoms with Crippen LogP contribution in [0.5, 0.6) is 0 Å². The second-order valence-corrected chi connectivity index (χ2v) is 3.29. The molecule has 0 amide bonds. The molecule has 1 aliphatic heterocycles. The zero-order valence-corrected chi connectivity index (χ0v) is 7.62. The minimum absolute atomic E-state index is 0.0301. The van der Waals surface area contributed by atoms with Crippen LogP contribution >= 0.6 is 0 Å². The molecule has 3 nitrogen and oxygen atoms in total. The number of hydrogen-bond acceptors (Lipinski definition) is 3.